The molecule has 1 unspecified atom stereocenters. The summed E-state index contributed by atoms with van der Waals surface area (Å²) in [5, 5.41) is 11.0. The lowest BCUT2D eigenvalue weighted by Crippen LogP contribution is -2.38. The maximum absolute atomic E-state index is 12.7. The van der Waals surface area contributed by atoms with E-state index in [1.165, 1.54) is 0 Å². The van der Waals surface area contributed by atoms with Crippen molar-refractivity contribution in [1.82, 2.24) is 15.1 Å². The van der Waals surface area contributed by atoms with Gasteiger partial charge in [0.25, 0.3) is 0 Å². The Bertz CT molecular complexity index is 942. The molecule has 0 aliphatic carbocycles. The third-order valence-corrected chi connectivity index (χ3v) is 5.94. The van der Waals surface area contributed by atoms with Gasteiger partial charge in [0, 0.05) is 43.4 Å². The van der Waals surface area contributed by atoms with Crippen LogP contribution in [0.2, 0.25) is 0 Å². The van der Waals surface area contributed by atoms with Crippen LogP contribution < -0.4 is 15.0 Å². The number of ether oxygens (including phenoxy) is 1. The Kier molecular flexibility index (Phi) is 6.30. The molecule has 32 heavy (non-hydrogen) atoms. The highest BCUT2D eigenvalue weighted by atomic mass is 16.5. The van der Waals surface area contributed by atoms with Crippen LogP contribution in [0.5, 0.6) is 5.75 Å². The summed E-state index contributed by atoms with van der Waals surface area (Å²) in [6, 6.07) is 11.2. The largest absolute Gasteiger partial charge is 0.489 e. The molecule has 1 aromatic carbocycles. The minimum absolute atomic E-state index is 0.00713. The molecular weight excluding hydrogens is 406 g/mol. The number of anilines is 2. The van der Waals surface area contributed by atoms with Gasteiger partial charge in [0.1, 0.15) is 11.9 Å². The minimum Gasteiger partial charge on any atom is -0.489 e. The van der Waals surface area contributed by atoms with E-state index in [4.69, 9.17) is 4.74 Å². The lowest BCUT2D eigenvalue weighted by Gasteiger charge is -2.25. The van der Waals surface area contributed by atoms with Gasteiger partial charge in [-0.25, -0.2) is 0 Å². The van der Waals surface area contributed by atoms with Gasteiger partial charge in [0.15, 0.2) is 5.82 Å². The number of aromatic nitrogens is 2. The van der Waals surface area contributed by atoms with E-state index < -0.39 is 0 Å². The van der Waals surface area contributed by atoms with E-state index in [9.17, 15) is 9.59 Å². The minimum atomic E-state index is -0.375. The van der Waals surface area contributed by atoms with Crippen molar-refractivity contribution < 1.29 is 14.3 Å². The summed E-state index contributed by atoms with van der Waals surface area (Å²) in [7, 11) is 0. The second-order valence-electron chi connectivity index (χ2n) is 9.56. The van der Waals surface area contributed by atoms with Crippen LogP contribution in [0.25, 0.3) is 0 Å². The Labute approximate surface area is 188 Å². The molecule has 1 N–H and O–H groups in total. The quantitative estimate of drug-likeness (QED) is 0.774. The topological polar surface area (TPSA) is 87.7 Å². The van der Waals surface area contributed by atoms with Crippen LogP contribution in [0.1, 0.15) is 33.6 Å². The maximum atomic E-state index is 12.7. The monoisotopic (exact) mass is 437 g/mol. The molecule has 2 fully saturated rings. The molecule has 2 aliphatic heterocycles. The first-order valence-corrected chi connectivity index (χ1v) is 11.2. The molecular formula is C24H31N5O3. The van der Waals surface area contributed by atoms with E-state index in [0.29, 0.717) is 13.1 Å². The Morgan fingerprint density at radius 1 is 1.06 bits per heavy atom. The fraction of sp³-hybridized carbons (Fsp3) is 0.500. The fourth-order valence-corrected chi connectivity index (χ4v) is 4.18. The molecule has 0 spiro atoms. The summed E-state index contributed by atoms with van der Waals surface area (Å²) >= 11 is 0. The number of hydrogen-bond acceptors (Lipinski definition) is 6. The van der Waals surface area contributed by atoms with E-state index in [2.05, 4.69) is 20.4 Å². The predicted molar refractivity (Wildman–Crippen MR) is 122 cm³/mol. The summed E-state index contributed by atoms with van der Waals surface area (Å²) in [6.45, 7) is 8.58. The van der Waals surface area contributed by atoms with Crippen LogP contribution in [0.15, 0.2) is 42.6 Å². The smallest absolute Gasteiger partial charge is 0.229 e. The van der Waals surface area contributed by atoms with Crippen LogP contribution in [0.3, 0.4) is 0 Å². The summed E-state index contributed by atoms with van der Waals surface area (Å²) in [6.07, 6.45) is 3.25. The van der Waals surface area contributed by atoms with Crippen molar-refractivity contribution in [3.05, 3.63) is 42.6 Å². The molecule has 2 amide bonds. The normalized spacial score (nSPS) is 21.0. The van der Waals surface area contributed by atoms with E-state index in [1.54, 1.807) is 6.20 Å². The third kappa shape index (κ3) is 5.18. The lowest BCUT2D eigenvalue weighted by molar-refractivity contribution is -0.138. The average Bonchev–Trinajstić information content (AvgIpc) is 3.45. The van der Waals surface area contributed by atoms with E-state index >= 15 is 0 Å². The number of nitrogens with zero attached hydrogens (tertiary/aromatic N) is 4. The van der Waals surface area contributed by atoms with Gasteiger partial charge >= 0.3 is 0 Å². The van der Waals surface area contributed by atoms with Crippen molar-refractivity contribution in [2.75, 3.05) is 36.4 Å². The van der Waals surface area contributed by atoms with Crippen molar-refractivity contribution in [2.45, 2.75) is 39.7 Å². The number of nitrogens with one attached hydrogen (secondary N) is 1. The van der Waals surface area contributed by atoms with Crippen molar-refractivity contribution >= 4 is 23.3 Å². The van der Waals surface area contributed by atoms with Crippen molar-refractivity contribution in [3.8, 4) is 5.75 Å². The zero-order valence-corrected chi connectivity index (χ0v) is 19.0. The number of benzene rings is 1. The van der Waals surface area contributed by atoms with Gasteiger partial charge < -0.3 is 19.9 Å². The molecule has 0 bridgehead atoms. The number of carbonyl (C=O) groups excluding carboxylic acids is 2. The van der Waals surface area contributed by atoms with E-state index in [0.717, 1.165) is 43.2 Å². The van der Waals surface area contributed by atoms with Crippen LogP contribution in [-0.2, 0) is 9.59 Å². The van der Waals surface area contributed by atoms with Gasteiger partial charge in [0.2, 0.25) is 11.8 Å². The zero-order chi connectivity index (χ0) is 22.7. The van der Waals surface area contributed by atoms with Gasteiger partial charge in [-0.15, -0.1) is 5.10 Å². The van der Waals surface area contributed by atoms with Crippen LogP contribution in [0, 0.1) is 11.3 Å². The molecule has 2 atom stereocenters. The highest BCUT2D eigenvalue weighted by molar-refractivity contribution is 5.93. The number of hydrogen-bond donors (Lipinski definition) is 1. The van der Waals surface area contributed by atoms with Gasteiger partial charge in [-0.3, -0.25) is 9.59 Å². The highest BCUT2D eigenvalue weighted by Gasteiger charge is 2.33. The molecule has 8 heteroatoms. The molecule has 2 aliphatic rings. The average molecular weight is 438 g/mol. The van der Waals surface area contributed by atoms with Crippen LogP contribution >= 0.6 is 0 Å². The van der Waals surface area contributed by atoms with Crippen molar-refractivity contribution in [1.29, 1.82) is 0 Å². The highest BCUT2D eigenvalue weighted by Crippen LogP contribution is 2.26. The molecule has 1 aromatic heterocycles. The standard InChI is InChI=1S/C24H31N5O3/c1-24(2,3)23(31)29-14-11-20(16-29)32-19-8-6-18(7-9-19)26-22(30)17-10-13-28(15-17)21-5-4-12-25-27-21/h4-9,12,17,20H,10-11,13-16H2,1-3H3,(H,26,30)/t17?,20-/m1/s1. The Morgan fingerprint density at radius 2 is 1.84 bits per heavy atom. The first-order valence-electron chi connectivity index (χ1n) is 11.2. The first-order chi connectivity index (χ1) is 15.3. The molecule has 8 nitrogen and oxygen atoms in total. The van der Waals surface area contributed by atoms with Crippen LogP contribution in [0.4, 0.5) is 11.5 Å². The second kappa shape index (κ2) is 9.14. The zero-order valence-electron chi connectivity index (χ0n) is 19.0. The van der Waals surface area contributed by atoms with Crippen molar-refractivity contribution in [2.24, 2.45) is 11.3 Å². The van der Waals surface area contributed by atoms with E-state index in [1.807, 2.05) is 62.1 Å². The maximum Gasteiger partial charge on any atom is 0.229 e. The van der Waals surface area contributed by atoms with E-state index in [-0.39, 0.29) is 29.3 Å². The molecule has 170 valence electrons. The lowest BCUT2D eigenvalue weighted by atomic mass is 9.95. The van der Waals surface area contributed by atoms with Gasteiger partial charge in [-0.05, 0) is 42.8 Å². The van der Waals surface area contributed by atoms with Crippen molar-refractivity contribution in [3.63, 3.8) is 0 Å². The fourth-order valence-electron chi connectivity index (χ4n) is 4.18. The Balaban J connectivity index is 1.26. The van der Waals surface area contributed by atoms with Gasteiger partial charge in [-0.1, -0.05) is 20.8 Å². The molecule has 2 saturated heterocycles. The van der Waals surface area contributed by atoms with Crippen LogP contribution in [-0.4, -0.2) is 59.2 Å². The number of amides is 2. The molecule has 2 aromatic rings. The molecule has 0 radical (unpaired) electrons. The Hall–Kier alpha value is -3.16. The summed E-state index contributed by atoms with van der Waals surface area (Å²) in [5.74, 6) is 1.63. The third-order valence-electron chi connectivity index (χ3n) is 5.94. The number of likely N-dealkylation sites (tertiary alicyclic amines) is 1. The summed E-state index contributed by atoms with van der Waals surface area (Å²) < 4.78 is 6.07. The van der Waals surface area contributed by atoms with Gasteiger partial charge in [-0.2, -0.15) is 5.10 Å². The number of carbonyl (C=O) groups is 2. The van der Waals surface area contributed by atoms with Gasteiger partial charge in [0.05, 0.1) is 12.5 Å². The first kappa shape index (κ1) is 22.0. The summed E-state index contributed by atoms with van der Waals surface area (Å²) in [5.41, 5.74) is 0.371. The SMILES string of the molecule is CC(C)(C)C(=O)N1CC[C@@H](Oc2ccc(NC(=O)C3CCN(c4cccnn4)C3)cc2)C1. The molecule has 4 rings (SSSR count). The Morgan fingerprint density at radius 3 is 2.53 bits per heavy atom. The second-order valence-corrected chi connectivity index (χ2v) is 9.56. The molecule has 3 heterocycles. The molecule has 0 saturated carbocycles. The summed E-state index contributed by atoms with van der Waals surface area (Å²) in [4.78, 5) is 29.1. The number of rotatable bonds is 5. The predicted octanol–water partition coefficient (Wildman–Crippen LogP) is 2.97.